The van der Waals surface area contributed by atoms with E-state index in [1.165, 1.54) is 0 Å². The van der Waals surface area contributed by atoms with Crippen molar-refractivity contribution in [3.05, 3.63) is 29.8 Å². The van der Waals surface area contributed by atoms with Crippen LogP contribution in [0.15, 0.2) is 24.3 Å². The molecule has 1 aromatic carbocycles. The van der Waals surface area contributed by atoms with Crippen LogP contribution in [0, 0.1) is 0 Å². The summed E-state index contributed by atoms with van der Waals surface area (Å²) in [6, 6.07) is 7.89. The van der Waals surface area contributed by atoms with Crippen LogP contribution >= 0.6 is 0 Å². The Labute approximate surface area is 95.4 Å². The van der Waals surface area contributed by atoms with Crippen molar-refractivity contribution in [2.45, 2.75) is 25.2 Å². The van der Waals surface area contributed by atoms with Crippen LogP contribution in [0.25, 0.3) is 0 Å². The molecule has 1 aromatic rings. The predicted molar refractivity (Wildman–Crippen MR) is 60.5 cm³/mol. The summed E-state index contributed by atoms with van der Waals surface area (Å²) < 4.78 is 10.2. The van der Waals surface area contributed by atoms with E-state index in [-0.39, 0.29) is 11.4 Å². The quantitative estimate of drug-likeness (QED) is 0.733. The smallest absolute Gasteiger partial charge is 0.306 e. The highest BCUT2D eigenvalue weighted by atomic mass is 16.5. The van der Waals surface area contributed by atoms with Gasteiger partial charge in [0.15, 0.2) is 0 Å². The van der Waals surface area contributed by atoms with Gasteiger partial charge in [0.05, 0.1) is 13.5 Å². The number of hydrogen-bond donors (Lipinski definition) is 0. The number of methoxy groups -OCH3 is 1. The predicted octanol–water partition coefficient (Wildman–Crippen LogP) is 2.29. The summed E-state index contributed by atoms with van der Waals surface area (Å²) in [7, 11) is 1.65. The van der Waals surface area contributed by atoms with E-state index in [2.05, 4.69) is 6.92 Å². The highest BCUT2D eigenvalue weighted by Gasteiger charge is 2.40. The molecule has 0 bridgehead atoms. The largest absolute Gasteiger partial charge is 0.497 e. The standard InChI is InChI=1S/C13H16O3/c1-3-13(8-12(14)16-9-13)10-4-6-11(15-2)7-5-10/h4-7H,3,8-9H2,1-2H3/t13-/m1/s1. The van der Waals surface area contributed by atoms with E-state index in [9.17, 15) is 4.79 Å². The van der Waals surface area contributed by atoms with E-state index in [0.717, 1.165) is 17.7 Å². The van der Waals surface area contributed by atoms with Crippen molar-refractivity contribution in [1.82, 2.24) is 0 Å². The van der Waals surface area contributed by atoms with Gasteiger partial charge in [-0.3, -0.25) is 4.79 Å². The number of ether oxygens (including phenoxy) is 2. The van der Waals surface area contributed by atoms with Crippen LogP contribution in [0.2, 0.25) is 0 Å². The zero-order valence-corrected chi connectivity index (χ0v) is 9.66. The number of benzene rings is 1. The summed E-state index contributed by atoms with van der Waals surface area (Å²) in [6.07, 6.45) is 1.39. The maximum atomic E-state index is 11.3. The Morgan fingerprint density at radius 3 is 2.50 bits per heavy atom. The molecule has 1 heterocycles. The summed E-state index contributed by atoms with van der Waals surface area (Å²) in [6.45, 7) is 2.58. The first kappa shape index (κ1) is 11.0. The molecular formula is C13H16O3. The fraction of sp³-hybridized carbons (Fsp3) is 0.462. The van der Waals surface area contributed by atoms with Crippen molar-refractivity contribution in [3.63, 3.8) is 0 Å². The van der Waals surface area contributed by atoms with E-state index in [4.69, 9.17) is 9.47 Å². The molecule has 0 N–H and O–H groups in total. The molecule has 1 aliphatic rings. The van der Waals surface area contributed by atoms with Crippen LogP contribution in [0.1, 0.15) is 25.3 Å². The highest BCUT2D eigenvalue weighted by Crippen LogP contribution is 2.37. The Morgan fingerprint density at radius 2 is 2.06 bits per heavy atom. The lowest BCUT2D eigenvalue weighted by Gasteiger charge is -2.24. The van der Waals surface area contributed by atoms with E-state index < -0.39 is 0 Å². The molecular weight excluding hydrogens is 204 g/mol. The van der Waals surface area contributed by atoms with E-state index in [0.29, 0.717) is 13.0 Å². The fourth-order valence-corrected chi connectivity index (χ4v) is 2.16. The summed E-state index contributed by atoms with van der Waals surface area (Å²) in [5, 5.41) is 0. The summed E-state index contributed by atoms with van der Waals surface area (Å²) in [5.41, 5.74) is 1.02. The molecule has 86 valence electrons. The minimum atomic E-state index is -0.136. The van der Waals surface area contributed by atoms with Crippen molar-refractivity contribution < 1.29 is 14.3 Å². The zero-order chi connectivity index (χ0) is 11.6. The van der Waals surface area contributed by atoms with Gasteiger partial charge in [0, 0.05) is 5.41 Å². The average molecular weight is 220 g/mol. The third-order valence-corrected chi connectivity index (χ3v) is 3.37. The fourth-order valence-electron chi connectivity index (χ4n) is 2.16. The third-order valence-electron chi connectivity index (χ3n) is 3.37. The first-order chi connectivity index (χ1) is 7.70. The summed E-state index contributed by atoms with van der Waals surface area (Å²) in [5.74, 6) is 0.734. The Kier molecular flexibility index (Phi) is 2.86. The molecule has 0 unspecified atom stereocenters. The Balaban J connectivity index is 2.30. The van der Waals surface area contributed by atoms with Crippen molar-refractivity contribution in [2.24, 2.45) is 0 Å². The molecule has 0 aliphatic carbocycles. The van der Waals surface area contributed by atoms with Gasteiger partial charge in [-0.2, -0.15) is 0 Å². The van der Waals surface area contributed by atoms with Gasteiger partial charge in [0.2, 0.25) is 0 Å². The SMILES string of the molecule is CC[C@]1(c2ccc(OC)cc2)COC(=O)C1. The maximum Gasteiger partial charge on any atom is 0.306 e. The number of carbonyl (C=O) groups is 1. The molecule has 0 spiro atoms. The van der Waals surface area contributed by atoms with Gasteiger partial charge in [-0.05, 0) is 24.1 Å². The zero-order valence-electron chi connectivity index (χ0n) is 9.66. The molecule has 16 heavy (non-hydrogen) atoms. The van der Waals surface area contributed by atoms with Crippen LogP contribution in [0.3, 0.4) is 0 Å². The van der Waals surface area contributed by atoms with Crippen LogP contribution in [0.4, 0.5) is 0 Å². The number of esters is 1. The van der Waals surface area contributed by atoms with Crippen LogP contribution in [-0.2, 0) is 14.9 Å². The molecule has 1 atom stereocenters. The topological polar surface area (TPSA) is 35.5 Å². The normalized spacial score (nSPS) is 24.2. The second kappa shape index (κ2) is 4.16. The molecule has 0 aromatic heterocycles. The van der Waals surface area contributed by atoms with E-state index >= 15 is 0 Å². The van der Waals surface area contributed by atoms with Crippen LogP contribution in [-0.4, -0.2) is 19.7 Å². The number of carbonyl (C=O) groups excluding carboxylic acids is 1. The molecule has 0 radical (unpaired) electrons. The first-order valence-corrected chi connectivity index (χ1v) is 5.50. The van der Waals surface area contributed by atoms with Crippen molar-refractivity contribution in [3.8, 4) is 5.75 Å². The lowest BCUT2D eigenvalue weighted by Crippen LogP contribution is -2.25. The van der Waals surface area contributed by atoms with E-state index in [1.54, 1.807) is 7.11 Å². The molecule has 1 aliphatic heterocycles. The third kappa shape index (κ3) is 1.77. The molecule has 3 heteroatoms. The van der Waals surface area contributed by atoms with Gasteiger partial charge in [-0.15, -0.1) is 0 Å². The number of rotatable bonds is 3. The van der Waals surface area contributed by atoms with Gasteiger partial charge < -0.3 is 9.47 Å². The number of cyclic esters (lactones) is 1. The second-order valence-electron chi connectivity index (χ2n) is 4.20. The van der Waals surface area contributed by atoms with Gasteiger partial charge in [0.1, 0.15) is 12.4 Å². The summed E-state index contributed by atoms with van der Waals surface area (Å²) >= 11 is 0. The number of hydrogen-bond acceptors (Lipinski definition) is 3. The first-order valence-electron chi connectivity index (χ1n) is 5.50. The second-order valence-corrected chi connectivity index (χ2v) is 4.20. The van der Waals surface area contributed by atoms with Gasteiger partial charge in [-0.25, -0.2) is 0 Å². The van der Waals surface area contributed by atoms with Crippen LogP contribution in [0.5, 0.6) is 5.75 Å². The average Bonchev–Trinajstić information content (AvgIpc) is 2.72. The molecule has 2 rings (SSSR count). The molecule has 3 nitrogen and oxygen atoms in total. The van der Waals surface area contributed by atoms with Gasteiger partial charge in [0.25, 0.3) is 0 Å². The Morgan fingerprint density at radius 1 is 1.38 bits per heavy atom. The van der Waals surface area contributed by atoms with Gasteiger partial charge in [-0.1, -0.05) is 19.1 Å². The van der Waals surface area contributed by atoms with Crippen molar-refractivity contribution >= 4 is 5.97 Å². The molecule has 0 amide bonds. The Bertz CT molecular complexity index is 383. The van der Waals surface area contributed by atoms with Gasteiger partial charge >= 0.3 is 5.97 Å². The molecule has 1 saturated heterocycles. The monoisotopic (exact) mass is 220 g/mol. The lowest BCUT2D eigenvalue weighted by molar-refractivity contribution is -0.137. The van der Waals surface area contributed by atoms with Crippen molar-refractivity contribution in [1.29, 1.82) is 0 Å². The lowest BCUT2D eigenvalue weighted by atomic mass is 9.77. The van der Waals surface area contributed by atoms with Crippen molar-refractivity contribution in [2.75, 3.05) is 13.7 Å². The molecule has 0 saturated carbocycles. The Hall–Kier alpha value is -1.51. The highest BCUT2D eigenvalue weighted by molar-refractivity contribution is 5.74. The maximum absolute atomic E-state index is 11.3. The summed E-state index contributed by atoms with van der Waals surface area (Å²) in [4.78, 5) is 11.3. The minimum Gasteiger partial charge on any atom is -0.497 e. The molecule has 1 fully saturated rings. The van der Waals surface area contributed by atoms with E-state index in [1.807, 2.05) is 24.3 Å². The van der Waals surface area contributed by atoms with Crippen LogP contribution < -0.4 is 4.74 Å². The minimum absolute atomic E-state index is 0.0994.